The van der Waals surface area contributed by atoms with Crippen molar-refractivity contribution in [1.29, 1.82) is 5.41 Å². The lowest BCUT2D eigenvalue weighted by Gasteiger charge is -2.18. The predicted molar refractivity (Wildman–Crippen MR) is 130 cm³/mol. The highest BCUT2D eigenvalue weighted by molar-refractivity contribution is 7.22. The number of thiazole rings is 1. The van der Waals surface area contributed by atoms with Crippen LogP contribution in [0, 0.1) is 5.41 Å². The van der Waals surface area contributed by atoms with Crippen LogP contribution in [0.5, 0.6) is 5.75 Å². The predicted octanol–water partition coefficient (Wildman–Crippen LogP) is 3.82. The van der Waals surface area contributed by atoms with Gasteiger partial charge in [-0.05, 0) is 49.4 Å². The van der Waals surface area contributed by atoms with Crippen molar-refractivity contribution >= 4 is 50.4 Å². The summed E-state index contributed by atoms with van der Waals surface area (Å²) in [5.41, 5.74) is 7.16. The van der Waals surface area contributed by atoms with Crippen molar-refractivity contribution in [2.24, 2.45) is 5.73 Å². The smallest absolute Gasteiger partial charge is 0.475 e. The van der Waals surface area contributed by atoms with Crippen LogP contribution in [0.2, 0.25) is 0 Å². The van der Waals surface area contributed by atoms with Crippen LogP contribution in [-0.2, 0) is 14.3 Å². The van der Waals surface area contributed by atoms with E-state index in [1.165, 1.54) is 18.4 Å². The standard InChI is InChI=1S/C21H22N4O4S.C2HF3O2/c1-3-25(11-10-18(26)28-2)21-24-16-9-6-14(12-17(16)30-21)20(27)29-15-7-4-13(5-8-15)19(22)23;3-2(4,5)1(6)7/h4-9,12H,3,10-11H2,1-2H3,(H3,22,23);(H,6,7). The van der Waals surface area contributed by atoms with E-state index in [9.17, 15) is 22.8 Å². The van der Waals surface area contributed by atoms with Crippen LogP contribution < -0.4 is 15.4 Å². The Bertz CT molecular complexity index is 1280. The summed E-state index contributed by atoms with van der Waals surface area (Å²) in [6.45, 7) is 3.19. The Balaban J connectivity index is 0.000000604. The summed E-state index contributed by atoms with van der Waals surface area (Å²) < 4.78 is 42.7. The van der Waals surface area contributed by atoms with Crippen molar-refractivity contribution in [2.75, 3.05) is 25.1 Å². The molecule has 0 fully saturated rings. The first-order chi connectivity index (χ1) is 17.3. The molecule has 0 saturated heterocycles. The molecule has 1 heterocycles. The second kappa shape index (κ2) is 12.7. The zero-order valence-electron chi connectivity index (χ0n) is 19.7. The number of benzene rings is 2. The number of carboxylic acid groups (broad SMARTS) is 1. The van der Waals surface area contributed by atoms with Crippen LogP contribution >= 0.6 is 11.3 Å². The number of nitrogens with zero attached hydrogens (tertiary/aromatic N) is 2. The number of hydrogen-bond acceptors (Lipinski definition) is 9. The first kappa shape index (κ1) is 29.0. The fourth-order valence-corrected chi connectivity index (χ4v) is 3.85. The molecule has 0 bridgehead atoms. The molecule has 0 aliphatic heterocycles. The summed E-state index contributed by atoms with van der Waals surface area (Å²) in [5, 5.41) is 15.3. The Labute approximate surface area is 212 Å². The van der Waals surface area contributed by atoms with Crippen LogP contribution in [0.3, 0.4) is 0 Å². The molecule has 14 heteroatoms. The van der Waals surface area contributed by atoms with Gasteiger partial charge in [-0.1, -0.05) is 11.3 Å². The number of halogens is 3. The van der Waals surface area contributed by atoms with Gasteiger partial charge in [0.1, 0.15) is 11.6 Å². The van der Waals surface area contributed by atoms with Crippen molar-refractivity contribution < 1.29 is 42.1 Å². The van der Waals surface area contributed by atoms with Crippen molar-refractivity contribution in [1.82, 2.24) is 4.98 Å². The highest BCUT2D eigenvalue weighted by atomic mass is 32.1. The van der Waals surface area contributed by atoms with E-state index in [4.69, 9.17) is 30.5 Å². The molecule has 0 spiro atoms. The summed E-state index contributed by atoms with van der Waals surface area (Å²) in [7, 11) is 1.37. The molecule has 10 nitrogen and oxygen atoms in total. The van der Waals surface area contributed by atoms with Crippen molar-refractivity contribution in [2.45, 2.75) is 19.5 Å². The zero-order valence-corrected chi connectivity index (χ0v) is 20.5. The van der Waals surface area contributed by atoms with Gasteiger partial charge in [0.15, 0.2) is 5.13 Å². The molecule has 0 aliphatic carbocycles. The molecule has 37 heavy (non-hydrogen) atoms. The Kier molecular flexibility index (Phi) is 9.94. The minimum atomic E-state index is -5.08. The number of carbonyl (C=O) groups is 3. The van der Waals surface area contributed by atoms with Crippen molar-refractivity contribution in [3.63, 3.8) is 0 Å². The molecule has 0 radical (unpaired) electrons. The lowest BCUT2D eigenvalue weighted by atomic mass is 10.2. The number of amidine groups is 1. The van der Waals surface area contributed by atoms with Crippen LogP contribution in [0.15, 0.2) is 42.5 Å². The Morgan fingerprint density at radius 1 is 1.14 bits per heavy atom. The number of methoxy groups -OCH3 is 1. The first-order valence-corrected chi connectivity index (χ1v) is 11.4. The normalized spacial score (nSPS) is 10.7. The van der Waals surface area contributed by atoms with Crippen LogP contribution in [0.1, 0.15) is 29.3 Å². The van der Waals surface area contributed by atoms with E-state index < -0.39 is 18.1 Å². The molecule has 0 amide bonds. The fraction of sp³-hybridized carbons (Fsp3) is 0.261. The van der Waals surface area contributed by atoms with Gasteiger partial charge in [-0.3, -0.25) is 10.2 Å². The van der Waals surface area contributed by atoms with E-state index in [2.05, 4.69) is 4.98 Å². The molecule has 1 aromatic heterocycles. The number of rotatable bonds is 8. The highest BCUT2D eigenvalue weighted by Gasteiger charge is 2.38. The summed E-state index contributed by atoms with van der Waals surface area (Å²) in [5.74, 6) is -3.19. The number of carboxylic acids is 1. The van der Waals surface area contributed by atoms with E-state index in [0.29, 0.717) is 30.0 Å². The van der Waals surface area contributed by atoms with Crippen molar-refractivity contribution in [3.8, 4) is 5.75 Å². The van der Waals surface area contributed by atoms with Gasteiger partial charge in [-0.25, -0.2) is 14.6 Å². The topological polar surface area (TPSA) is 156 Å². The minimum Gasteiger partial charge on any atom is -0.475 e. The average Bonchev–Trinajstić information content (AvgIpc) is 3.27. The number of aromatic nitrogens is 1. The average molecular weight is 541 g/mol. The largest absolute Gasteiger partial charge is 0.490 e. The zero-order chi connectivity index (χ0) is 27.8. The minimum absolute atomic E-state index is 0.0490. The van der Waals surface area contributed by atoms with Gasteiger partial charge in [-0.2, -0.15) is 13.2 Å². The number of ether oxygens (including phenoxy) is 2. The van der Waals surface area contributed by atoms with Gasteiger partial charge < -0.3 is 25.2 Å². The fourth-order valence-electron chi connectivity index (χ4n) is 2.76. The van der Waals surface area contributed by atoms with E-state index in [0.717, 1.165) is 15.3 Å². The third-order valence-electron chi connectivity index (χ3n) is 4.70. The molecule has 2 aromatic carbocycles. The summed E-state index contributed by atoms with van der Waals surface area (Å²) >= 11 is 1.45. The molecular formula is C23H23F3N4O6S. The highest BCUT2D eigenvalue weighted by Crippen LogP contribution is 2.30. The number of esters is 2. The number of fused-ring (bicyclic) bond motifs is 1. The van der Waals surface area contributed by atoms with Gasteiger partial charge in [-0.15, -0.1) is 0 Å². The van der Waals surface area contributed by atoms with Crippen molar-refractivity contribution in [3.05, 3.63) is 53.6 Å². The van der Waals surface area contributed by atoms with E-state index in [-0.39, 0.29) is 18.2 Å². The second-order valence-electron chi connectivity index (χ2n) is 7.22. The molecule has 4 N–H and O–H groups in total. The lowest BCUT2D eigenvalue weighted by Crippen LogP contribution is -2.25. The lowest BCUT2D eigenvalue weighted by molar-refractivity contribution is -0.192. The number of nitrogens with two attached hydrogens (primary N) is 1. The number of aliphatic carboxylic acids is 1. The maximum absolute atomic E-state index is 12.5. The number of carbonyl (C=O) groups excluding carboxylic acids is 2. The number of anilines is 1. The molecular weight excluding hydrogens is 517 g/mol. The van der Waals surface area contributed by atoms with Crippen LogP contribution in [0.25, 0.3) is 10.2 Å². The molecule has 0 aliphatic rings. The molecule has 198 valence electrons. The SMILES string of the molecule is CCN(CCC(=O)OC)c1nc2ccc(C(=O)Oc3ccc(C(=N)N)cc3)cc2s1.O=C(O)C(F)(F)F. The summed E-state index contributed by atoms with van der Waals surface area (Å²) in [6.07, 6.45) is -4.81. The number of nitrogens with one attached hydrogen (secondary N) is 1. The maximum atomic E-state index is 12.5. The Morgan fingerprint density at radius 2 is 1.73 bits per heavy atom. The first-order valence-electron chi connectivity index (χ1n) is 10.5. The van der Waals surface area contributed by atoms with E-state index >= 15 is 0 Å². The number of alkyl halides is 3. The van der Waals surface area contributed by atoms with Gasteiger partial charge in [0.05, 0.1) is 29.3 Å². The molecule has 0 unspecified atom stereocenters. The summed E-state index contributed by atoms with van der Waals surface area (Å²) in [6, 6.07) is 11.6. The summed E-state index contributed by atoms with van der Waals surface area (Å²) in [4.78, 5) is 39.4. The molecule has 0 atom stereocenters. The third-order valence-corrected chi connectivity index (χ3v) is 5.78. The molecule has 3 rings (SSSR count). The maximum Gasteiger partial charge on any atom is 0.490 e. The van der Waals surface area contributed by atoms with Gasteiger partial charge >= 0.3 is 24.1 Å². The van der Waals surface area contributed by atoms with Gasteiger partial charge in [0.2, 0.25) is 0 Å². The quantitative estimate of drug-likeness (QED) is 0.167. The number of hydrogen-bond donors (Lipinski definition) is 3. The van der Waals surface area contributed by atoms with Crippen LogP contribution in [-0.4, -0.2) is 60.2 Å². The van der Waals surface area contributed by atoms with Gasteiger partial charge in [0.25, 0.3) is 0 Å². The molecule has 3 aromatic rings. The Hall–Kier alpha value is -4.20. The third kappa shape index (κ3) is 8.45. The van der Waals surface area contributed by atoms with Crippen LogP contribution in [0.4, 0.5) is 18.3 Å². The second-order valence-corrected chi connectivity index (χ2v) is 8.22. The molecule has 0 saturated carbocycles. The monoisotopic (exact) mass is 540 g/mol. The van der Waals surface area contributed by atoms with E-state index in [1.807, 2.05) is 11.8 Å². The van der Waals surface area contributed by atoms with Gasteiger partial charge in [0, 0.05) is 18.7 Å². The van der Waals surface area contributed by atoms with E-state index in [1.54, 1.807) is 42.5 Å². The number of nitrogen functional groups attached to an aromatic ring is 1. The Morgan fingerprint density at radius 3 is 2.24 bits per heavy atom.